The molecule has 3 aliphatic rings. The number of alkyl carbamates (subject to hydrolysis) is 1. The zero-order chi connectivity index (χ0) is 25.1. The van der Waals surface area contributed by atoms with E-state index in [9.17, 15) is 9.59 Å². The number of carbonyl (C=O) groups excluding carboxylic acids is 3. The Balaban J connectivity index is 0.000000258. The maximum atomic E-state index is 12.7. The van der Waals surface area contributed by atoms with Crippen LogP contribution in [0.5, 0.6) is 5.75 Å². The fourth-order valence-electron chi connectivity index (χ4n) is 4.39. The third-order valence-electron chi connectivity index (χ3n) is 5.85. The van der Waals surface area contributed by atoms with Gasteiger partial charge in [-0.3, -0.25) is 9.59 Å². The SMILES string of the molecule is CC1CCC2CCNCC(NC(=O)OC(C)(C)C)C(=O)N12.NC=O.c1ccc2c(c1)CCCO2. The number of hydrogen-bond acceptors (Lipinski definition) is 6. The minimum Gasteiger partial charge on any atom is -0.493 e. The van der Waals surface area contributed by atoms with Crippen molar-refractivity contribution in [1.29, 1.82) is 0 Å². The number of aryl methyl sites for hydroxylation is 1. The smallest absolute Gasteiger partial charge is 0.408 e. The van der Waals surface area contributed by atoms with Crippen LogP contribution in [-0.4, -0.2) is 66.7 Å². The lowest BCUT2D eigenvalue weighted by atomic mass is 10.1. The highest BCUT2D eigenvalue weighted by Gasteiger charge is 2.39. The molecule has 9 heteroatoms. The summed E-state index contributed by atoms with van der Waals surface area (Å²) in [6, 6.07) is 8.25. The predicted octanol–water partition coefficient (Wildman–Crippen LogP) is 2.37. The molecule has 3 amide bonds. The maximum Gasteiger partial charge on any atom is 0.408 e. The van der Waals surface area contributed by atoms with Crippen molar-refractivity contribution < 1.29 is 23.9 Å². The molecule has 2 saturated heterocycles. The summed E-state index contributed by atoms with van der Waals surface area (Å²) < 4.78 is 10.7. The van der Waals surface area contributed by atoms with Gasteiger partial charge in [0.1, 0.15) is 17.4 Å². The van der Waals surface area contributed by atoms with Crippen molar-refractivity contribution in [1.82, 2.24) is 15.5 Å². The molecule has 3 atom stereocenters. The van der Waals surface area contributed by atoms with Crippen molar-refractivity contribution >= 4 is 18.4 Å². The van der Waals surface area contributed by atoms with Gasteiger partial charge >= 0.3 is 6.09 Å². The molecule has 0 aromatic heterocycles. The van der Waals surface area contributed by atoms with Crippen molar-refractivity contribution in [2.75, 3.05) is 19.7 Å². The molecular weight excluding hydrogens is 436 g/mol. The van der Waals surface area contributed by atoms with Crippen LogP contribution in [0.2, 0.25) is 0 Å². The number of hydrogen-bond donors (Lipinski definition) is 3. The van der Waals surface area contributed by atoms with Crippen LogP contribution in [0.4, 0.5) is 4.79 Å². The van der Waals surface area contributed by atoms with Gasteiger partial charge in [0, 0.05) is 18.6 Å². The fraction of sp³-hybridized carbons (Fsp3) is 0.640. The largest absolute Gasteiger partial charge is 0.493 e. The van der Waals surface area contributed by atoms with Gasteiger partial charge in [0.2, 0.25) is 12.3 Å². The Morgan fingerprint density at radius 2 is 1.97 bits per heavy atom. The molecule has 34 heavy (non-hydrogen) atoms. The number of carbonyl (C=O) groups is 3. The number of rotatable bonds is 1. The summed E-state index contributed by atoms with van der Waals surface area (Å²) in [5.74, 6) is 1.08. The van der Waals surface area contributed by atoms with Crippen molar-refractivity contribution in [3.63, 3.8) is 0 Å². The van der Waals surface area contributed by atoms with Crippen LogP contribution in [0.25, 0.3) is 0 Å². The summed E-state index contributed by atoms with van der Waals surface area (Å²) in [5, 5.41) is 5.96. The summed E-state index contributed by atoms with van der Waals surface area (Å²) in [6.45, 7) is 9.71. The molecule has 0 aliphatic carbocycles. The van der Waals surface area contributed by atoms with Crippen LogP contribution in [-0.2, 0) is 20.7 Å². The number of nitrogens with one attached hydrogen (secondary N) is 2. The minimum absolute atomic E-state index is 0.00283. The Morgan fingerprint density at radius 3 is 2.65 bits per heavy atom. The molecule has 0 saturated carbocycles. The molecular formula is C25H40N4O5. The van der Waals surface area contributed by atoms with Crippen molar-refractivity contribution in [2.45, 2.75) is 83.5 Å². The van der Waals surface area contributed by atoms with Crippen LogP contribution in [0.1, 0.15) is 58.9 Å². The molecule has 1 aromatic carbocycles. The maximum absolute atomic E-state index is 12.7. The summed E-state index contributed by atoms with van der Waals surface area (Å²) in [6.07, 6.45) is 5.12. The molecule has 3 heterocycles. The molecule has 4 N–H and O–H groups in total. The topological polar surface area (TPSA) is 123 Å². The number of nitrogens with two attached hydrogens (primary N) is 1. The van der Waals surface area contributed by atoms with E-state index in [0.717, 1.165) is 44.6 Å². The zero-order valence-electron chi connectivity index (χ0n) is 20.8. The van der Waals surface area contributed by atoms with E-state index >= 15 is 0 Å². The molecule has 9 nitrogen and oxygen atoms in total. The zero-order valence-corrected chi connectivity index (χ0v) is 20.8. The highest BCUT2D eigenvalue weighted by molar-refractivity contribution is 5.86. The van der Waals surface area contributed by atoms with E-state index in [-0.39, 0.29) is 18.4 Å². The number of fused-ring (bicyclic) bond motifs is 2. The van der Waals surface area contributed by atoms with Crippen LogP contribution >= 0.6 is 0 Å². The molecule has 0 spiro atoms. The van der Waals surface area contributed by atoms with Crippen molar-refractivity contribution in [2.24, 2.45) is 5.73 Å². The Morgan fingerprint density at radius 1 is 1.26 bits per heavy atom. The number of amides is 3. The average Bonchev–Trinajstić information content (AvgIpc) is 3.14. The monoisotopic (exact) mass is 476 g/mol. The summed E-state index contributed by atoms with van der Waals surface area (Å²) in [4.78, 5) is 35.2. The lowest BCUT2D eigenvalue weighted by Crippen LogP contribution is -2.58. The molecule has 1 aromatic rings. The number of ether oxygens (including phenoxy) is 2. The highest BCUT2D eigenvalue weighted by Crippen LogP contribution is 2.27. The summed E-state index contributed by atoms with van der Waals surface area (Å²) in [7, 11) is 0. The van der Waals surface area contributed by atoms with E-state index in [1.54, 1.807) is 0 Å². The number of benzene rings is 1. The van der Waals surface area contributed by atoms with Gasteiger partial charge in [0.15, 0.2) is 0 Å². The second kappa shape index (κ2) is 13.2. The Hall–Kier alpha value is -2.81. The van der Waals surface area contributed by atoms with Gasteiger partial charge < -0.3 is 30.7 Å². The molecule has 190 valence electrons. The second-order valence-electron chi connectivity index (χ2n) is 9.71. The third-order valence-corrected chi connectivity index (χ3v) is 5.85. The van der Waals surface area contributed by atoms with Crippen LogP contribution in [0, 0.1) is 0 Å². The summed E-state index contributed by atoms with van der Waals surface area (Å²) >= 11 is 0. The molecule has 3 aliphatic heterocycles. The first-order valence-electron chi connectivity index (χ1n) is 12.0. The third kappa shape index (κ3) is 8.52. The van der Waals surface area contributed by atoms with E-state index in [1.165, 1.54) is 12.0 Å². The standard InChI is InChI=1S/C15H27N3O3.C9H10O.CH3NO/c1-10-5-6-11-7-8-16-9-12(13(19)18(10)11)17-14(20)21-15(2,3)4;1-2-6-9-8(4-1)5-3-7-10-9;2-1-3/h10-12,16H,5-9H2,1-4H3,(H,17,20);1-2,4,6H,3,5,7H2;1H,(H2,2,3). The van der Waals surface area contributed by atoms with Gasteiger partial charge in [0.25, 0.3) is 0 Å². The first-order valence-corrected chi connectivity index (χ1v) is 12.0. The Labute approximate surface area is 202 Å². The normalized spacial score (nSPS) is 23.7. The van der Waals surface area contributed by atoms with Gasteiger partial charge in [-0.25, -0.2) is 4.79 Å². The number of primary amides is 1. The molecule has 4 rings (SSSR count). The highest BCUT2D eigenvalue weighted by atomic mass is 16.6. The van der Waals surface area contributed by atoms with E-state index in [1.807, 2.05) is 37.8 Å². The van der Waals surface area contributed by atoms with Crippen molar-refractivity contribution in [3.8, 4) is 5.75 Å². The molecule has 0 radical (unpaired) electrons. The van der Waals surface area contributed by atoms with Crippen LogP contribution in [0.15, 0.2) is 24.3 Å². The number of nitrogens with zero attached hydrogens (tertiary/aromatic N) is 1. The Kier molecular flexibility index (Phi) is 10.6. The lowest BCUT2D eigenvalue weighted by molar-refractivity contribution is -0.136. The summed E-state index contributed by atoms with van der Waals surface area (Å²) in [5.41, 5.74) is 4.96. The van der Waals surface area contributed by atoms with Gasteiger partial charge in [-0.1, -0.05) is 18.2 Å². The van der Waals surface area contributed by atoms with E-state index in [2.05, 4.69) is 35.4 Å². The van der Waals surface area contributed by atoms with E-state index in [0.29, 0.717) is 12.6 Å². The van der Waals surface area contributed by atoms with Gasteiger partial charge in [-0.15, -0.1) is 0 Å². The predicted molar refractivity (Wildman–Crippen MR) is 130 cm³/mol. The van der Waals surface area contributed by atoms with Crippen LogP contribution in [0.3, 0.4) is 0 Å². The first-order chi connectivity index (χ1) is 16.2. The average molecular weight is 477 g/mol. The van der Waals surface area contributed by atoms with Gasteiger partial charge in [-0.05, 0) is 78.0 Å². The molecule has 2 fully saturated rings. The first kappa shape index (κ1) is 27.4. The van der Waals surface area contributed by atoms with Crippen LogP contribution < -0.4 is 21.1 Å². The lowest BCUT2D eigenvalue weighted by Gasteiger charge is -2.35. The van der Waals surface area contributed by atoms with E-state index < -0.39 is 17.7 Å². The van der Waals surface area contributed by atoms with E-state index in [4.69, 9.17) is 14.3 Å². The van der Waals surface area contributed by atoms with Crippen molar-refractivity contribution in [3.05, 3.63) is 29.8 Å². The Bertz CT molecular complexity index is 786. The molecule has 0 bridgehead atoms. The van der Waals surface area contributed by atoms with Gasteiger partial charge in [0.05, 0.1) is 6.61 Å². The molecule has 3 unspecified atom stereocenters. The number of para-hydroxylation sites is 1. The second-order valence-corrected chi connectivity index (χ2v) is 9.71. The quantitative estimate of drug-likeness (QED) is 0.535. The fourth-order valence-corrected chi connectivity index (χ4v) is 4.39. The van der Waals surface area contributed by atoms with Gasteiger partial charge in [-0.2, -0.15) is 0 Å². The minimum atomic E-state index is -0.564.